The lowest BCUT2D eigenvalue weighted by Gasteiger charge is -2.12. The van der Waals surface area contributed by atoms with Crippen molar-refractivity contribution in [1.29, 1.82) is 0 Å². The van der Waals surface area contributed by atoms with Crippen molar-refractivity contribution < 1.29 is 14.3 Å². The Morgan fingerprint density at radius 1 is 1.26 bits per heavy atom. The minimum Gasteiger partial charge on any atom is -0.491 e. The highest BCUT2D eigenvalue weighted by Crippen LogP contribution is 2.23. The Kier molecular flexibility index (Phi) is 7.43. The first kappa shape index (κ1) is 15.3. The van der Waals surface area contributed by atoms with Gasteiger partial charge in [-0.3, -0.25) is 0 Å². The van der Waals surface area contributed by atoms with E-state index < -0.39 is 0 Å². The molecule has 0 atom stereocenters. The van der Waals surface area contributed by atoms with Crippen LogP contribution in [0.5, 0.6) is 5.75 Å². The van der Waals surface area contributed by atoms with Gasteiger partial charge in [0.2, 0.25) is 0 Å². The van der Waals surface area contributed by atoms with Crippen LogP contribution in [0.4, 0.5) is 10.5 Å². The molecule has 0 heterocycles. The van der Waals surface area contributed by atoms with Gasteiger partial charge in [-0.25, -0.2) is 4.79 Å². The van der Waals surface area contributed by atoms with Crippen LogP contribution in [0.25, 0.3) is 0 Å². The Morgan fingerprint density at radius 3 is 2.79 bits per heavy atom. The number of para-hydroxylation sites is 2. The topological polar surface area (TPSA) is 59.6 Å². The summed E-state index contributed by atoms with van der Waals surface area (Å²) < 4.78 is 10.6. The predicted octanol–water partition coefficient (Wildman–Crippen LogP) is 2.63. The normalized spacial score (nSPS) is 10.0. The minimum atomic E-state index is -0.213. The molecule has 0 spiro atoms. The molecule has 0 aliphatic rings. The molecule has 5 heteroatoms. The van der Waals surface area contributed by atoms with Crippen LogP contribution in [0.15, 0.2) is 24.3 Å². The third kappa shape index (κ3) is 6.10. The number of benzene rings is 1. The quantitative estimate of drug-likeness (QED) is 0.711. The van der Waals surface area contributed by atoms with Crippen molar-refractivity contribution >= 4 is 11.7 Å². The van der Waals surface area contributed by atoms with E-state index >= 15 is 0 Å². The molecule has 0 aliphatic heterocycles. The number of urea groups is 1. The molecule has 1 aromatic carbocycles. The second-order valence-corrected chi connectivity index (χ2v) is 4.07. The Balaban J connectivity index is 2.50. The Bertz CT molecular complexity index is 383. The van der Waals surface area contributed by atoms with Crippen molar-refractivity contribution in [1.82, 2.24) is 5.32 Å². The van der Waals surface area contributed by atoms with Crippen LogP contribution in [0.3, 0.4) is 0 Å². The van der Waals surface area contributed by atoms with Gasteiger partial charge in [0, 0.05) is 26.7 Å². The lowest BCUT2D eigenvalue weighted by Crippen LogP contribution is -2.29. The van der Waals surface area contributed by atoms with Crippen molar-refractivity contribution in [3.8, 4) is 5.75 Å². The lowest BCUT2D eigenvalue weighted by atomic mass is 10.3. The van der Waals surface area contributed by atoms with Gasteiger partial charge in [0.1, 0.15) is 5.75 Å². The first-order valence-electron chi connectivity index (χ1n) is 6.53. The van der Waals surface area contributed by atoms with E-state index in [1.54, 1.807) is 7.11 Å². The van der Waals surface area contributed by atoms with E-state index in [0.29, 0.717) is 31.2 Å². The molecule has 1 aromatic rings. The summed E-state index contributed by atoms with van der Waals surface area (Å²) in [7, 11) is 1.66. The number of methoxy groups -OCH3 is 1. The van der Waals surface area contributed by atoms with Crippen LogP contribution >= 0.6 is 0 Å². The van der Waals surface area contributed by atoms with E-state index in [9.17, 15) is 4.79 Å². The number of carbonyl (C=O) groups excluding carboxylic acids is 1. The summed E-state index contributed by atoms with van der Waals surface area (Å²) >= 11 is 0. The number of nitrogens with one attached hydrogen (secondary N) is 2. The minimum absolute atomic E-state index is 0.213. The van der Waals surface area contributed by atoms with Gasteiger partial charge in [-0.1, -0.05) is 19.1 Å². The van der Waals surface area contributed by atoms with Crippen molar-refractivity contribution in [3.05, 3.63) is 24.3 Å². The summed E-state index contributed by atoms with van der Waals surface area (Å²) in [4.78, 5) is 11.6. The van der Waals surface area contributed by atoms with Gasteiger partial charge >= 0.3 is 6.03 Å². The zero-order valence-electron chi connectivity index (χ0n) is 11.6. The van der Waals surface area contributed by atoms with E-state index in [2.05, 4.69) is 10.6 Å². The van der Waals surface area contributed by atoms with Crippen LogP contribution in [0.1, 0.15) is 19.8 Å². The van der Waals surface area contributed by atoms with Crippen molar-refractivity contribution in [2.24, 2.45) is 0 Å². The fourth-order valence-corrected chi connectivity index (χ4v) is 1.49. The zero-order chi connectivity index (χ0) is 13.9. The largest absolute Gasteiger partial charge is 0.491 e. The van der Waals surface area contributed by atoms with Crippen LogP contribution in [0, 0.1) is 0 Å². The second kappa shape index (κ2) is 9.22. The summed E-state index contributed by atoms with van der Waals surface area (Å²) in [6.07, 6.45) is 1.72. The highest BCUT2D eigenvalue weighted by molar-refractivity contribution is 5.90. The van der Waals surface area contributed by atoms with Gasteiger partial charge in [-0.15, -0.1) is 0 Å². The van der Waals surface area contributed by atoms with Gasteiger partial charge in [-0.05, 0) is 18.6 Å². The maximum atomic E-state index is 11.6. The van der Waals surface area contributed by atoms with E-state index in [-0.39, 0.29) is 6.03 Å². The maximum Gasteiger partial charge on any atom is 0.319 e. The summed E-state index contributed by atoms with van der Waals surface area (Å²) in [6.45, 7) is 3.88. The number of carbonyl (C=O) groups is 1. The molecular formula is C14H22N2O3. The van der Waals surface area contributed by atoms with E-state index in [4.69, 9.17) is 9.47 Å². The SMILES string of the molecule is CCCNC(=O)Nc1ccccc1OCCCOC. The Morgan fingerprint density at radius 2 is 2.05 bits per heavy atom. The molecule has 2 amide bonds. The molecule has 106 valence electrons. The highest BCUT2D eigenvalue weighted by Gasteiger charge is 2.06. The third-order valence-electron chi connectivity index (χ3n) is 2.42. The molecule has 0 saturated heterocycles. The summed E-state index contributed by atoms with van der Waals surface area (Å²) in [5.74, 6) is 0.672. The van der Waals surface area contributed by atoms with Crippen LogP contribution in [-0.2, 0) is 4.74 Å². The molecule has 0 aromatic heterocycles. The van der Waals surface area contributed by atoms with Crippen molar-refractivity contribution in [3.63, 3.8) is 0 Å². The lowest BCUT2D eigenvalue weighted by molar-refractivity contribution is 0.172. The summed E-state index contributed by atoms with van der Waals surface area (Å²) in [5, 5.41) is 5.54. The monoisotopic (exact) mass is 266 g/mol. The zero-order valence-corrected chi connectivity index (χ0v) is 11.6. The van der Waals surface area contributed by atoms with E-state index in [1.807, 2.05) is 31.2 Å². The van der Waals surface area contributed by atoms with Gasteiger partial charge in [0.05, 0.1) is 12.3 Å². The average Bonchev–Trinajstić information content (AvgIpc) is 2.43. The second-order valence-electron chi connectivity index (χ2n) is 4.07. The molecule has 0 saturated carbocycles. The average molecular weight is 266 g/mol. The molecule has 0 aliphatic carbocycles. The number of hydrogen-bond donors (Lipinski definition) is 2. The number of ether oxygens (including phenoxy) is 2. The molecule has 0 bridgehead atoms. The van der Waals surface area contributed by atoms with E-state index in [0.717, 1.165) is 12.8 Å². The van der Waals surface area contributed by atoms with Crippen LogP contribution in [0.2, 0.25) is 0 Å². The number of rotatable bonds is 8. The van der Waals surface area contributed by atoms with Gasteiger partial charge in [0.25, 0.3) is 0 Å². The number of amides is 2. The molecular weight excluding hydrogens is 244 g/mol. The third-order valence-corrected chi connectivity index (χ3v) is 2.42. The number of anilines is 1. The molecule has 0 fully saturated rings. The maximum absolute atomic E-state index is 11.6. The van der Waals surface area contributed by atoms with E-state index in [1.165, 1.54) is 0 Å². The van der Waals surface area contributed by atoms with Crippen molar-refractivity contribution in [2.45, 2.75) is 19.8 Å². The first-order valence-corrected chi connectivity index (χ1v) is 6.53. The molecule has 1 rings (SSSR count). The fraction of sp³-hybridized carbons (Fsp3) is 0.500. The van der Waals surface area contributed by atoms with Crippen molar-refractivity contribution in [2.75, 3.05) is 32.2 Å². The Labute approximate surface area is 114 Å². The van der Waals surface area contributed by atoms with Gasteiger partial charge in [-0.2, -0.15) is 0 Å². The predicted molar refractivity (Wildman–Crippen MR) is 75.7 cm³/mol. The molecule has 0 unspecified atom stereocenters. The summed E-state index contributed by atoms with van der Waals surface area (Å²) in [6, 6.07) is 7.17. The van der Waals surface area contributed by atoms with Gasteiger partial charge in [0.15, 0.2) is 0 Å². The van der Waals surface area contributed by atoms with Crippen LogP contribution in [-0.4, -0.2) is 32.9 Å². The smallest absolute Gasteiger partial charge is 0.319 e. The molecule has 19 heavy (non-hydrogen) atoms. The van der Waals surface area contributed by atoms with Gasteiger partial charge < -0.3 is 20.1 Å². The molecule has 0 radical (unpaired) electrons. The number of hydrogen-bond acceptors (Lipinski definition) is 3. The Hall–Kier alpha value is -1.75. The summed E-state index contributed by atoms with van der Waals surface area (Å²) in [5.41, 5.74) is 0.675. The first-order chi connectivity index (χ1) is 9.27. The fourth-order valence-electron chi connectivity index (χ4n) is 1.49. The highest BCUT2D eigenvalue weighted by atomic mass is 16.5. The molecule has 5 nitrogen and oxygen atoms in total. The van der Waals surface area contributed by atoms with Crippen LogP contribution < -0.4 is 15.4 Å². The standard InChI is InChI=1S/C14H22N2O3/c1-3-9-15-14(17)16-12-7-4-5-8-13(12)19-11-6-10-18-2/h4-5,7-8H,3,6,9-11H2,1-2H3,(H2,15,16,17). The molecule has 2 N–H and O–H groups in total.